The molecule has 0 heterocycles. The smallest absolute Gasteiger partial charge is 0.0994 e. The summed E-state index contributed by atoms with van der Waals surface area (Å²) in [5.41, 5.74) is 0.204. The molecular weight excluding hydrogens is 198 g/mol. The molecule has 0 saturated heterocycles. The Morgan fingerprint density at radius 3 is 2.25 bits per heavy atom. The van der Waals surface area contributed by atoms with E-state index in [1.807, 2.05) is 37.3 Å². The summed E-state index contributed by atoms with van der Waals surface area (Å²) in [6, 6.07) is 10.3. The van der Waals surface area contributed by atoms with Crippen LogP contribution in [-0.4, -0.2) is 29.1 Å². The fraction of sp³-hybridized carbons (Fsp3) is 0.571. The van der Waals surface area contributed by atoms with Gasteiger partial charge in [-0.1, -0.05) is 37.3 Å². The van der Waals surface area contributed by atoms with E-state index in [4.69, 9.17) is 0 Å². The van der Waals surface area contributed by atoms with Gasteiger partial charge >= 0.3 is 0 Å². The first-order valence-corrected chi connectivity index (χ1v) is 5.99. The molecule has 1 aromatic rings. The van der Waals surface area contributed by atoms with E-state index in [0.29, 0.717) is 12.6 Å². The van der Waals surface area contributed by atoms with Crippen molar-refractivity contribution < 1.29 is 5.11 Å². The van der Waals surface area contributed by atoms with Crippen LogP contribution in [0.5, 0.6) is 0 Å². The highest BCUT2D eigenvalue weighted by Crippen LogP contribution is 2.22. The Bertz CT molecular complexity index is 306. The minimum atomic E-state index is -0.776. The van der Waals surface area contributed by atoms with Crippen molar-refractivity contribution in [2.45, 2.75) is 39.3 Å². The molecule has 0 aliphatic carbocycles. The minimum Gasteiger partial charge on any atom is -0.384 e. The summed E-state index contributed by atoms with van der Waals surface area (Å²) in [5.74, 6) is 0. The van der Waals surface area contributed by atoms with Crippen LogP contribution < -0.4 is 0 Å². The Hall–Kier alpha value is -0.860. The van der Waals surface area contributed by atoms with E-state index in [1.165, 1.54) is 0 Å². The van der Waals surface area contributed by atoms with Gasteiger partial charge in [0.1, 0.15) is 0 Å². The van der Waals surface area contributed by atoms with Crippen molar-refractivity contribution in [2.75, 3.05) is 13.1 Å². The van der Waals surface area contributed by atoms with Gasteiger partial charge in [-0.25, -0.2) is 0 Å². The van der Waals surface area contributed by atoms with Crippen LogP contribution in [0.1, 0.15) is 33.3 Å². The lowest BCUT2D eigenvalue weighted by molar-refractivity contribution is 0.00817. The van der Waals surface area contributed by atoms with Crippen LogP contribution in [0, 0.1) is 0 Å². The van der Waals surface area contributed by atoms with Crippen LogP contribution in [0.4, 0.5) is 0 Å². The lowest BCUT2D eigenvalue weighted by Gasteiger charge is -2.33. The van der Waals surface area contributed by atoms with Crippen LogP contribution >= 0.6 is 0 Å². The molecule has 0 bridgehead atoms. The van der Waals surface area contributed by atoms with Gasteiger partial charge in [0.25, 0.3) is 0 Å². The average molecular weight is 221 g/mol. The van der Waals surface area contributed by atoms with E-state index >= 15 is 0 Å². The van der Waals surface area contributed by atoms with E-state index in [1.54, 1.807) is 0 Å². The number of likely N-dealkylation sites (N-methyl/N-ethyl adjacent to an activating group) is 1. The van der Waals surface area contributed by atoms with Gasteiger partial charge in [-0.15, -0.1) is 0 Å². The number of aliphatic hydroxyl groups is 1. The number of rotatable bonds is 5. The molecule has 0 saturated carbocycles. The van der Waals surface area contributed by atoms with Gasteiger partial charge in [0.05, 0.1) is 5.60 Å². The summed E-state index contributed by atoms with van der Waals surface area (Å²) in [4.78, 5) is 2.27. The Morgan fingerprint density at radius 2 is 1.81 bits per heavy atom. The van der Waals surface area contributed by atoms with E-state index < -0.39 is 5.60 Å². The first kappa shape index (κ1) is 13.2. The van der Waals surface area contributed by atoms with E-state index in [9.17, 15) is 5.11 Å². The van der Waals surface area contributed by atoms with Crippen molar-refractivity contribution in [3.8, 4) is 0 Å². The van der Waals surface area contributed by atoms with E-state index in [-0.39, 0.29) is 0 Å². The molecule has 16 heavy (non-hydrogen) atoms. The first-order valence-electron chi connectivity index (χ1n) is 5.99. The van der Waals surface area contributed by atoms with Crippen LogP contribution in [0.3, 0.4) is 0 Å². The Balaban J connectivity index is 2.78. The highest BCUT2D eigenvalue weighted by Gasteiger charge is 2.26. The molecule has 0 spiro atoms. The zero-order valence-corrected chi connectivity index (χ0v) is 10.8. The predicted molar refractivity (Wildman–Crippen MR) is 68.4 cm³/mol. The fourth-order valence-electron chi connectivity index (χ4n) is 1.94. The molecule has 1 aromatic carbocycles. The molecule has 2 heteroatoms. The Labute approximate surface area is 98.9 Å². The number of nitrogens with zero attached hydrogens (tertiary/aromatic N) is 1. The van der Waals surface area contributed by atoms with Crippen LogP contribution in [0.15, 0.2) is 30.3 Å². The Kier molecular flexibility index (Phi) is 4.51. The second kappa shape index (κ2) is 5.46. The van der Waals surface area contributed by atoms with E-state index in [0.717, 1.165) is 12.1 Å². The SMILES string of the molecule is CCN(CC(C)(O)c1ccccc1)C(C)C. The zero-order valence-electron chi connectivity index (χ0n) is 10.8. The predicted octanol–water partition coefficient (Wildman–Crippen LogP) is 2.62. The topological polar surface area (TPSA) is 23.5 Å². The second-order valence-electron chi connectivity index (χ2n) is 4.80. The quantitative estimate of drug-likeness (QED) is 0.826. The van der Waals surface area contributed by atoms with Gasteiger partial charge < -0.3 is 5.11 Å². The van der Waals surface area contributed by atoms with Gasteiger partial charge in [-0.2, -0.15) is 0 Å². The molecule has 0 aliphatic rings. The monoisotopic (exact) mass is 221 g/mol. The number of benzene rings is 1. The largest absolute Gasteiger partial charge is 0.384 e. The molecule has 1 N–H and O–H groups in total. The maximum Gasteiger partial charge on any atom is 0.0994 e. The molecule has 0 radical (unpaired) electrons. The molecule has 1 rings (SSSR count). The van der Waals surface area contributed by atoms with E-state index in [2.05, 4.69) is 25.7 Å². The number of hydrogen-bond donors (Lipinski definition) is 1. The van der Waals surface area contributed by atoms with Gasteiger partial charge in [-0.3, -0.25) is 4.90 Å². The Morgan fingerprint density at radius 1 is 1.25 bits per heavy atom. The van der Waals surface area contributed by atoms with Crippen molar-refractivity contribution in [3.05, 3.63) is 35.9 Å². The molecular formula is C14H23NO. The first-order chi connectivity index (χ1) is 7.47. The summed E-state index contributed by atoms with van der Waals surface area (Å²) in [7, 11) is 0. The fourth-order valence-corrected chi connectivity index (χ4v) is 1.94. The summed E-state index contributed by atoms with van der Waals surface area (Å²) >= 11 is 0. The van der Waals surface area contributed by atoms with Crippen molar-refractivity contribution >= 4 is 0 Å². The summed E-state index contributed by atoms with van der Waals surface area (Å²) in [5, 5.41) is 10.5. The summed E-state index contributed by atoms with van der Waals surface area (Å²) in [6.45, 7) is 9.95. The molecule has 90 valence electrons. The number of hydrogen-bond acceptors (Lipinski definition) is 2. The van der Waals surface area contributed by atoms with Crippen molar-refractivity contribution in [3.63, 3.8) is 0 Å². The van der Waals surface area contributed by atoms with Crippen molar-refractivity contribution in [1.29, 1.82) is 0 Å². The summed E-state index contributed by atoms with van der Waals surface area (Å²) in [6.07, 6.45) is 0. The maximum atomic E-state index is 10.5. The van der Waals surface area contributed by atoms with Gasteiger partial charge in [0, 0.05) is 12.6 Å². The molecule has 0 aromatic heterocycles. The van der Waals surface area contributed by atoms with Crippen LogP contribution in [-0.2, 0) is 5.60 Å². The maximum absolute atomic E-state index is 10.5. The lowest BCUT2D eigenvalue weighted by atomic mass is 9.95. The highest BCUT2D eigenvalue weighted by atomic mass is 16.3. The standard InChI is InChI=1S/C14H23NO/c1-5-15(12(2)3)11-14(4,16)13-9-7-6-8-10-13/h6-10,12,16H,5,11H2,1-4H3. The second-order valence-corrected chi connectivity index (χ2v) is 4.80. The third-order valence-corrected chi connectivity index (χ3v) is 3.04. The third-order valence-electron chi connectivity index (χ3n) is 3.04. The normalized spacial score (nSPS) is 15.4. The van der Waals surface area contributed by atoms with Crippen molar-refractivity contribution in [2.24, 2.45) is 0 Å². The molecule has 2 nitrogen and oxygen atoms in total. The van der Waals surface area contributed by atoms with Gasteiger partial charge in [0.15, 0.2) is 0 Å². The zero-order chi connectivity index (χ0) is 12.2. The van der Waals surface area contributed by atoms with Gasteiger partial charge in [-0.05, 0) is 32.9 Å². The molecule has 0 amide bonds. The molecule has 0 aliphatic heterocycles. The summed E-state index contributed by atoms with van der Waals surface area (Å²) < 4.78 is 0. The minimum absolute atomic E-state index is 0.459. The van der Waals surface area contributed by atoms with Crippen LogP contribution in [0.25, 0.3) is 0 Å². The van der Waals surface area contributed by atoms with Gasteiger partial charge in [0.2, 0.25) is 0 Å². The van der Waals surface area contributed by atoms with Crippen molar-refractivity contribution in [1.82, 2.24) is 4.90 Å². The third kappa shape index (κ3) is 3.32. The lowest BCUT2D eigenvalue weighted by Crippen LogP contribution is -2.42. The molecule has 1 unspecified atom stereocenters. The molecule has 1 atom stereocenters. The average Bonchev–Trinajstić information content (AvgIpc) is 2.27. The highest BCUT2D eigenvalue weighted by molar-refractivity contribution is 5.21. The van der Waals surface area contributed by atoms with Crippen LogP contribution in [0.2, 0.25) is 0 Å². The molecule has 0 fully saturated rings.